The van der Waals surface area contributed by atoms with Crippen LogP contribution in [0.5, 0.6) is 0 Å². The molecule has 0 amide bonds. The Kier molecular flexibility index (Phi) is 5.97. The molecule has 0 radical (unpaired) electrons. The Morgan fingerprint density at radius 3 is 1.76 bits per heavy atom. The molecule has 0 fully saturated rings. The topological polar surface area (TPSA) is 28.7 Å². The molecule has 9 aromatic carbocycles. The van der Waals surface area contributed by atoms with Crippen LogP contribution in [-0.4, -0.2) is 4.57 Å². The molecule has 0 aliphatic rings. The summed E-state index contributed by atoms with van der Waals surface area (Å²) in [6, 6.07) is 63.4. The van der Waals surface area contributed by atoms with Crippen LogP contribution in [-0.2, 0) is 0 Å². The lowest BCUT2D eigenvalue weighted by atomic mass is 9.90. The van der Waals surface area contributed by atoms with E-state index >= 15 is 0 Å². The van der Waals surface area contributed by atoms with E-state index in [4.69, 9.17) is 0 Å². The van der Waals surface area contributed by atoms with Crippen LogP contribution in [0.2, 0.25) is 0 Å². The molecule has 1 heterocycles. The Hall–Kier alpha value is -6.69. The third kappa shape index (κ3) is 4.27. The van der Waals surface area contributed by atoms with E-state index in [-0.39, 0.29) is 0 Å². The van der Waals surface area contributed by atoms with Gasteiger partial charge in [-0.15, -0.1) is 0 Å². The van der Waals surface area contributed by atoms with E-state index in [9.17, 15) is 5.26 Å². The first-order chi connectivity index (χ1) is 24.2. The van der Waals surface area contributed by atoms with Crippen molar-refractivity contribution < 1.29 is 0 Å². The highest BCUT2D eigenvalue weighted by Gasteiger charge is 2.15. The molecule has 1 aromatic heterocycles. The van der Waals surface area contributed by atoms with Gasteiger partial charge in [0, 0.05) is 16.5 Å². The number of fused-ring (bicyclic) bond motifs is 9. The van der Waals surface area contributed by atoms with Crippen molar-refractivity contribution in [2.45, 2.75) is 0 Å². The first-order valence-corrected chi connectivity index (χ1v) is 16.6. The van der Waals surface area contributed by atoms with Crippen LogP contribution in [0, 0.1) is 11.3 Å². The second-order valence-electron chi connectivity index (χ2n) is 12.9. The lowest BCUT2D eigenvalue weighted by Crippen LogP contribution is -1.93. The van der Waals surface area contributed by atoms with Crippen molar-refractivity contribution in [3.05, 3.63) is 175 Å². The number of hydrogen-bond acceptors (Lipinski definition) is 1. The summed E-state index contributed by atoms with van der Waals surface area (Å²) in [6.07, 6.45) is 0. The van der Waals surface area contributed by atoms with E-state index in [2.05, 4.69) is 162 Å². The Balaban J connectivity index is 1.12. The largest absolute Gasteiger partial charge is 0.309 e. The highest BCUT2D eigenvalue weighted by atomic mass is 15.0. The summed E-state index contributed by atoms with van der Waals surface area (Å²) in [4.78, 5) is 0. The van der Waals surface area contributed by atoms with Gasteiger partial charge in [-0.3, -0.25) is 0 Å². The Bertz CT molecular complexity index is 3000. The standard InChI is InChI=1S/C47H28N2/c48-29-30-14-21-42-43-23-20-35(27-47(43)49(46(42)24-30)37-9-2-1-3-10-37)33-15-16-34-26-36(18-17-32(34)25-33)44-28-45-38-11-5-4-8-31(38)19-22-41(45)39-12-6-7-13-40(39)44/h1-28H. The monoisotopic (exact) mass is 620 g/mol. The first-order valence-electron chi connectivity index (χ1n) is 16.6. The smallest absolute Gasteiger partial charge is 0.0992 e. The highest BCUT2D eigenvalue weighted by Crippen LogP contribution is 2.40. The van der Waals surface area contributed by atoms with Gasteiger partial charge < -0.3 is 4.57 Å². The van der Waals surface area contributed by atoms with Gasteiger partial charge in [0.15, 0.2) is 0 Å². The second kappa shape index (κ2) is 10.7. The minimum absolute atomic E-state index is 0.659. The molecule has 0 aliphatic carbocycles. The van der Waals surface area contributed by atoms with Crippen molar-refractivity contribution >= 4 is 64.9 Å². The van der Waals surface area contributed by atoms with Crippen LogP contribution in [0.4, 0.5) is 0 Å². The first kappa shape index (κ1) is 27.4. The Morgan fingerprint density at radius 1 is 0.367 bits per heavy atom. The van der Waals surface area contributed by atoms with Crippen LogP contribution < -0.4 is 0 Å². The van der Waals surface area contributed by atoms with Crippen molar-refractivity contribution in [3.8, 4) is 34.0 Å². The fourth-order valence-electron chi connectivity index (χ4n) is 7.82. The summed E-state index contributed by atoms with van der Waals surface area (Å²) in [7, 11) is 0. The minimum Gasteiger partial charge on any atom is -0.309 e. The zero-order valence-corrected chi connectivity index (χ0v) is 26.6. The van der Waals surface area contributed by atoms with E-state index in [1.165, 1.54) is 65.2 Å². The van der Waals surface area contributed by atoms with Gasteiger partial charge in [-0.05, 0) is 114 Å². The van der Waals surface area contributed by atoms with E-state index in [0.29, 0.717) is 5.56 Å². The van der Waals surface area contributed by atoms with Gasteiger partial charge in [0.1, 0.15) is 0 Å². The normalized spacial score (nSPS) is 11.7. The van der Waals surface area contributed by atoms with Gasteiger partial charge in [-0.1, -0.05) is 121 Å². The molecule has 0 saturated heterocycles. The zero-order chi connectivity index (χ0) is 32.5. The molecule has 0 atom stereocenters. The molecule has 2 nitrogen and oxygen atoms in total. The number of benzene rings is 9. The van der Waals surface area contributed by atoms with Gasteiger partial charge in [-0.2, -0.15) is 5.26 Å². The predicted molar refractivity (Wildman–Crippen MR) is 206 cm³/mol. The third-order valence-corrected chi connectivity index (χ3v) is 10.2. The fraction of sp³-hybridized carbons (Fsp3) is 0. The van der Waals surface area contributed by atoms with Gasteiger partial charge in [-0.25, -0.2) is 0 Å². The average Bonchev–Trinajstić information content (AvgIpc) is 3.50. The van der Waals surface area contributed by atoms with Crippen molar-refractivity contribution in [2.24, 2.45) is 0 Å². The second-order valence-corrected chi connectivity index (χ2v) is 12.9. The lowest BCUT2D eigenvalue weighted by molar-refractivity contribution is 1.18. The van der Waals surface area contributed by atoms with Crippen LogP contribution in [0.25, 0.3) is 92.8 Å². The van der Waals surface area contributed by atoms with Crippen LogP contribution in [0.1, 0.15) is 5.56 Å². The molecule has 0 aliphatic heterocycles. The number of nitrogens with zero attached hydrogens (tertiary/aromatic N) is 2. The van der Waals surface area contributed by atoms with Crippen molar-refractivity contribution in [1.82, 2.24) is 4.57 Å². The molecule has 0 spiro atoms. The molecular formula is C47H28N2. The molecule has 2 heteroatoms. The van der Waals surface area contributed by atoms with Crippen LogP contribution in [0.3, 0.4) is 0 Å². The fourth-order valence-corrected chi connectivity index (χ4v) is 7.82. The Labute approximate surface area is 283 Å². The highest BCUT2D eigenvalue weighted by molar-refractivity contribution is 6.21. The van der Waals surface area contributed by atoms with Gasteiger partial charge in [0.2, 0.25) is 0 Å². The van der Waals surface area contributed by atoms with Crippen molar-refractivity contribution in [3.63, 3.8) is 0 Å². The maximum atomic E-state index is 9.66. The van der Waals surface area contributed by atoms with E-state index < -0.39 is 0 Å². The van der Waals surface area contributed by atoms with Gasteiger partial charge in [0.25, 0.3) is 0 Å². The number of aromatic nitrogens is 1. The number of para-hydroxylation sites is 1. The molecule has 0 N–H and O–H groups in total. The van der Waals surface area contributed by atoms with Crippen molar-refractivity contribution in [2.75, 3.05) is 0 Å². The van der Waals surface area contributed by atoms with E-state index in [0.717, 1.165) is 27.7 Å². The molecule has 10 rings (SSSR count). The summed E-state index contributed by atoms with van der Waals surface area (Å²) in [5, 5.41) is 22.1. The quantitative estimate of drug-likeness (QED) is 0.181. The van der Waals surface area contributed by atoms with Crippen LogP contribution in [0.15, 0.2) is 170 Å². The summed E-state index contributed by atoms with van der Waals surface area (Å²) < 4.78 is 2.28. The van der Waals surface area contributed by atoms with Gasteiger partial charge in [0.05, 0.1) is 22.7 Å². The summed E-state index contributed by atoms with van der Waals surface area (Å²) >= 11 is 0. The molecule has 0 unspecified atom stereocenters. The van der Waals surface area contributed by atoms with E-state index in [1.54, 1.807) is 0 Å². The summed E-state index contributed by atoms with van der Waals surface area (Å²) in [5.74, 6) is 0. The number of rotatable bonds is 3. The van der Waals surface area contributed by atoms with E-state index in [1.807, 2.05) is 18.2 Å². The molecule has 49 heavy (non-hydrogen) atoms. The third-order valence-electron chi connectivity index (χ3n) is 10.2. The Morgan fingerprint density at radius 2 is 0.939 bits per heavy atom. The molecule has 10 aromatic rings. The van der Waals surface area contributed by atoms with Crippen molar-refractivity contribution in [1.29, 1.82) is 5.26 Å². The molecule has 0 bridgehead atoms. The maximum Gasteiger partial charge on any atom is 0.0992 e. The summed E-state index contributed by atoms with van der Waals surface area (Å²) in [5.41, 5.74) is 8.71. The SMILES string of the molecule is N#Cc1ccc2c3ccc(-c4ccc5cc(-c6cc7c8ccccc8ccc7c7ccccc67)ccc5c4)cc3n(-c3ccccc3)c2c1. The number of hydrogen-bond donors (Lipinski definition) is 0. The molecular weight excluding hydrogens is 593 g/mol. The summed E-state index contributed by atoms with van der Waals surface area (Å²) in [6.45, 7) is 0. The number of nitriles is 1. The maximum absolute atomic E-state index is 9.66. The molecule has 226 valence electrons. The van der Waals surface area contributed by atoms with Gasteiger partial charge >= 0.3 is 0 Å². The van der Waals surface area contributed by atoms with Crippen LogP contribution >= 0.6 is 0 Å². The average molecular weight is 621 g/mol. The predicted octanol–water partition coefficient (Wildman–Crippen LogP) is 12.6. The lowest BCUT2D eigenvalue weighted by Gasteiger charge is -2.14. The molecule has 0 saturated carbocycles. The minimum atomic E-state index is 0.659. The zero-order valence-electron chi connectivity index (χ0n) is 26.6.